The molecule has 6 nitrogen and oxygen atoms in total. The highest BCUT2D eigenvalue weighted by Crippen LogP contribution is 2.18. The lowest BCUT2D eigenvalue weighted by atomic mass is 10.1. The molecular formula is C21H22N4O2. The molecule has 1 aromatic heterocycles. The van der Waals surface area contributed by atoms with Crippen LogP contribution in [0.4, 0.5) is 11.5 Å². The molecule has 3 aromatic rings. The van der Waals surface area contributed by atoms with Crippen LogP contribution in [0.2, 0.25) is 0 Å². The van der Waals surface area contributed by atoms with Crippen molar-refractivity contribution in [3.05, 3.63) is 77.7 Å². The first-order valence-corrected chi connectivity index (χ1v) is 8.71. The topological polar surface area (TPSA) is 76.1 Å². The van der Waals surface area contributed by atoms with Gasteiger partial charge in [0.1, 0.15) is 23.6 Å². The van der Waals surface area contributed by atoms with Gasteiger partial charge in [-0.1, -0.05) is 35.9 Å². The average molecular weight is 362 g/mol. The van der Waals surface area contributed by atoms with E-state index in [1.54, 1.807) is 13.2 Å². The molecule has 1 amide bonds. The number of nitrogens with one attached hydrogen (secondary N) is 2. The number of para-hydroxylation sites is 1. The normalized spacial score (nSPS) is 10.3. The van der Waals surface area contributed by atoms with Crippen molar-refractivity contribution in [2.24, 2.45) is 0 Å². The van der Waals surface area contributed by atoms with Crippen LogP contribution < -0.4 is 15.4 Å². The second-order valence-corrected chi connectivity index (χ2v) is 6.10. The molecule has 0 radical (unpaired) electrons. The van der Waals surface area contributed by atoms with Gasteiger partial charge in [-0.15, -0.1) is 0 Å². The molecule has 0 aliphatic carbocycles. The smallest absolute Gasteiger partial charge is 0.274 e. The first kappa shape index (κ1) is 18.4. The summed E-state index contributed by atoms with van der Waals surface area (Å²) in [5, 5.41) is 6.06. The maximum atomic E-state index is 12.4. The molecule has 0 fully saturated rings. The number of benzene rings is 2. The van der Waals surface area contributed by atoms with E-state index in [0.29, 0.717) is 18.1 Å². The first-order chi connectivity index (χ1) is 13.2. The molecule has 0 spiro atoms. The number of carbonyl (C=O) groups excluding carboxylic acids is 1. The predicted molar refractivity (Wildman–Crippen MR) is 106 cm³/mol. The molecule has 2 aromatic carbocycles. The number of aromatic nitrogens is 2. The summed E-state index contributed by atoms with van der Waals surface area (Å²) in [7, 11) is 1.66. The van der Waals surface area contributed by atoms with Gasteiger partial charge >= 0.3 is 0 Å². The third-order valence-electron chi connectivity index (χ3n) is 4.10. The summed E-state index contributed by atoms with van der Waals surface area (Å²) in [5.41, 5.74) is 3.29. The van der Waals surface area contributed by atoms with Gasteiger partial charge in [0.05, 0.1) is 7.11 Å². The van der Waals surface area contributed by atoms with Gasteiger partial charge in [0, 0.05) is 18.3 Å². The molecule has 0 unspecified atom stereocenters. The van der Waals surface area contributed by atoms with E-state index >= 15 is 0 Å². The summed E-state index contributed by atoms with van der Waals surface area (Å²) in [5.74, 6) is 1.20. The number of aryl methyl sites for hydroxylation is 1. The van der Waals surface area contributed by atoms with Crippen LogP contribution in [0, 0.1) is 6.92 Å². The molecule has 27 heavy (non-hydrogen) atoms. The maximum Gasteiger partial charge on any atom is 0.274 e. The van der Waals surface area contributed by atoms with Crippen molar-refractivity contribution < 1.29 is 9.53 Å². The van der Waals surface area contributed by atoms with Crippen molar-refractivity contribution in [1.82, 2.24) is 9.97 Å². The number of amides is 1. The highest BCUT2D eigenvalue weighted by Gasteiger charge is 2.09. The van der Waals surface area contributed by atoms with Gasteiger partial charge in [-0.05, 0) is 37.1 Å². The third kappa shape index (κ3) is 5.04. The molecule has 0 aliphatic heterocycles. The number of rotatable bonds is 7. The Labute approximate surface area is 158 Å². The number of hydrogen-bond acceptors (Lipinski definition) is 5. The lowest BCUT2D eigenvalue weighted by molar-refractivity contribution is 0.102. The SMILES string of the molecule is COc1ccccc1CCNc1cc(C(=O)Nc2ccc(C)cc2)ncn1. The molecule has 138 valence electrons. The van der Waals surface area contributed by atoms with E-state index in [1.807, 2.05) is 55.5 Å². The van der Waals surface area contributed by atoms with E-state index in [9.17, 15) is 4.79 Å². The average Bonchev–Trinajstić information content (AvgIpc) is 2.70. The standard InChI is InChI=1S/C21H22N4O2/c1-15-7-9-17(10-8-15)25-21(26)18-13-20(24-14-23-18)22-12-11-16-5-3-4-6-19(16)27-2/h3-10,13-14H,11-12H2,1-2H3,(H,25,26)(H,22,23,24). The van der Waals surface area contributed by atoms with E-state index < -0.39 is 0 Å². The summed E-state index contributed by atoms with van der Waals surface area (Å²) < 4.78 is 5.36. The third-order valence-corrected chi connectivity index (χ3v) is 4.10. The second-order valence-electron chi connectivity index (χ2n) is 6.10. The Morgan fingerprint density at radius 2 is 1.85 bits per heavy atom. The summed E-state index contributed by atoms with van der Waals surface area (Å²) in [6.07, 6.45) is 2.16. The summed E-state index contributed by atoms with van der Waals surface area (Å²) in [6.45, 7) is 2.66. The van der Waals surface area contributed by atoms with Crippen LogP contribution >= 0.6 is 0 Å². The summed E-state index contributed by atoms with van der Waals surface area (Å²) in [6, 6.07) is 17.2. The monoisotopic (exact) mass is 362 g/mol. The van der Waals surface area contributed by atoms with Crippen LogP contribution in [0.15, 0.2) is 60.9 Å². The highest BCUT2D eigenvalue weighted by atomic mass is 16.5. The quantitative estimate of drug-likeness (QED) is 0.670. The van der Waals surface area contributed by atoms with Gasteiger partial charge in [0.15, 0.2) is 0 Å². The molecule has 2 N–H and O–H groups in total. The largest absolute Gasteiger partial charge is 0.496 e. The van der Waals surface area contributed by atoms with Gasteiger partial charge < -0.3 is 15.4 Å². The van der Waals surface area contributed by atoms with Crippen molar-refractivity contribution in [2.45, 2.75) is 13.3 Å². The molecule has 0 bridgehead atoms. The van der Waals surface area contributed by atoms with E-state index in [-0.39, 0.29) is 5.91 Å². The zero-order chi connectivity index (χ0) is 19.1. The zero-order valence-corrected chi connectivity index (χ0v) is 15.4. The highest BCUT2D eigenvalue weighted by molar-refractivity contribution is 6.03. The molecule has 3 rings (SSSR count). The predicted octanol–water partition coefficient (Wildman–Crippen LogP) is 3.70. The number of methoxy groups -OCH3 is 1. The van der Waals surface area contributed by atoms with Gasteiger partial charge in [0.25, 0.3) is 5.91 Å². The fourth-order valence-corrected chi connectivity index (χ4v) is 2.64. The van der Waals surface area contributed by atoms with Crippen molar-refractivity contribution in [3.8, 4) is 5.75 Å². The minimum Gasteiger partial charge on any atom is -0.496 e. The maximum absolute atomic E-state index is 12.4. The molecular weight excluding hydrogens is 340 g/mol. The lowest BCUT2D eigenvalue weighted by Gasteiger charge is -2.10. The van der Waals surface area contributed by atoms with E-state index in [2.05, 4.69) is 20.6 Å². The molecule has 0 saturated carbocycles. The fourth-order valence-electron chi connectivity index (χ4n) is 2.64. The van der Waals surface area contributed by atoms with Gasteiger partial charge in [-0.25, -0.2) is 9.97 Å². The Kier molecular flexibility index (Phi) is 5.99. The van der Waals surface area contributed by atoms with Crippen LogP contribution in [0.25, 0.3) is 0 Å². The van der Waals surface area contributed by atoms with Gasteiger partial charge in [-0.2, -0.15) is 0 Å². The van der Waals surface area contributed by atoms with Crippen molar-refractivity contribution in [3.63, 3.8) is 0 Å². The molecule has 0 atom stereocenters. The Morgan fingerprint density at radius 1 is 1.07 bits per heavy atom. The van der Waals surface area contributed by atoms with E-state index in [0.717, 1.165) is 29.0 Å². The Bertz CT molecular complexity index is 910. The van der Waals surface area contributed by atoms with Gasteiger partial charge in [-0.3, -0.25) is 4.79 Å². The number of nitrogens with zero attached hydrogens (tertiary/aromatic N) is 2. The fraction of sp³-hybridized carbons (Fsp3) is 0.190. The minimum atomic E-state index is -0.269. The molecule has 0 saturated heterocycles. The number of hydrogen-bond donors (Lipinski definition) is 2. The van der Waals surface area contributed by atoms with Gasteiger partial charge in [0.2, 0.25) is 0 Å². The minimum absolute atomic E-state index is 0.269. The number of ether oxygens (including phenoxy) is 1. The van der Waals surface area contributed by atoms with Crippen LogP contribution in [0.3, 0.4) is 0 Å². The zero-order valence-electron chi connectivity index (χ0n) is 15.4. The Hall–Kier alpha value is -3.41. The Morgan fingerprint density at radius 3 is 2.63 bits per heavy atom. The van der Waals surface area contributed by atoms with Crippen molar-refractivity contribution in [2.75, 3.05) is 24.3 Å². The summed E-state index contributed by atoms with van der Waals surface area (Å²) in [4.78, 5) is 20.6. The lowest BCUT2D eigenvalue weighted by Crippen LogP contribution is -2.15. The first-order valence-electron chi connectivity index (χ1n) is 8.71. The van der Waals surface area contributed by atoms with Crippen LogP contribution in [-0.2, 0) is 6.42 Å². The van der Waals surface area contributed by atoms with Crippen molar-refractivity contribution >= 4 is 17.4 Å². The molecule has 1 heterocycles. The van der Waals surface area contributed by atoms with Crippen LogP contribution in [0.1, 0.15) is 21.6 Å². The second kappa shape index (κ2) is 8.80. The van der Waals surface area contributed by atoms with Crippen LogP contribution in [-0.4, -0.2) is 29.5 Å². The number of anilines is 2. The van der Waals surface area contributed by atoms with E-state index in [1.165, 1.54) is 6.33 Å². The summed E-state index contributed by atoms with van der Waals surface area (Å²) >= 11 is 0. The van der Waals surface area contributed by atoms with E-state index in [4.69, 9.17) is 4.74 Å². The Balaban J connectivity index is 1.59. The number of carbonyl (C=O) groups is 1. The van der Waals surface area contributed by atoms with Crippen LogP contribution in [0.5, 0.6) is 5.75 Å². The van der Waals surface area contributed by atoms with Crippen molar-refractivity contribution in [1.29, 1.82) is 0 Å². The molecule has 6 heteroatoms. The molecule has 0 aliphatic rings.